The van der Waals surface area contributed by atoms with Gasteiger partial charge in [-0.2, -0.15) is 0 Å². The minimum absolute atomic E-state index is 0.166. The lowest BCUT2D eigenvalue weighted by Gasteiger charge is -2.31. The van der Waals surface area contributed by atoms with Gasteiger partial charge in [0.2, 0.25) is 5.91 Å². The summed E-state index contributed by atoms with van der Waals surface area (Å²) in [5.74, 6) is -1.06. The van der Waals surface area contributed by atoms with E-state index in [1.54, 1.807) is 12.1 Å². The molecule has 1 amide bonds. The zero-order chi connectivity index (χ0) is 20.7. The molecule has 2 rings (SSSR count). The Hall–Kier alpha value is -2.21. The second-order valence-electron chi connectivity index (χ2n) is 7.10. The molecule has 0 radical (unpaired) electrons. The zero-order valence-corrected chi connectivity index (χ0v) is 17.7. The number of benzene rings is 2. The molecule has 2 aromatic carbocycles. The number of hydrogen-bond donors (Lipinski definition) is 1. The van der Waals surface area contributed by atoms with E-state index in [0.29, 0.717) is 29.3 Å². The first-order valence-electron chi connectivity index (χ1n) is 9.21. The second kappa shape index (κ2) is 9.82. The average molecular weight is 450 g/mol. The number of aryl methyl sites for hydroxylation is 1. The minimum atomic E-state index is -0.478. The number of nitrogens with two attached hydrogens (primary N) is 1. The number of ether oxygens (including phenoxy) is 1. The molecular formula is C22H25BrFNO3. The fourth-order valence-electron chi connectivity index (χ4n) is 3.22. The number of halogens is 2. The van der Waals surface area contributed by atoms with Gasteiger partial charge in [-0.3, -0.25) is 9.59 Å². The van der Waals surface area contributed by atoms with Crippen molar-refractivity contribution >= 4 is 27.8 Å². The van der Waals surface area contributed by atoms with Crippen molar-refractivity contribution in [3.8, 4) is 11.1 Å². The van der Waals surface area contributed by atoms with Crippen LogP contribution in [0.3, 0.4) is 0 Å². The van der Waals surface area contributed by atoms with Crippen LogP contribution in [0, 0.1) is 11.2 Å². The van der Waals surface area contributed by atoms with Gasteiger partial charge in [0, 0.05) is 28.8 Å². The number of rotatable bonds is 9. The van der Waals surface area contributed by atoms with Gasteiger partial charge in [-0.05, 0) is 42.5 Å². The third-order valence-corrected chi connectivity index (χ3v) is 5.51. The Morgan fingerprint density at radius 3 is 2.39 bits per heavy atom. The van der Waals surface area contributed by atoms with Crippen molar-refractivity contribution in [3.05, 3.63) is 58.3 Å². The summed E-state index contributed by atoms with van der Waals surface area (Å²) in [5, 5.41) is 0. The summed E-state index contributed by atoms with van der Waals surface area (Å²) in [7, 11) is 0. The van der Waals surface area contributed by atoms with Crippen LogP contribution in [0.1, 0.15) is 38.7 Å². The van der Waals surface area contributed by atoms with E-state index in [9.17, 15) is 14.0 Å². The zero-order valence-electron chi connectivity index (χ0n) is 16.1. The molecule has 6 heteroatoms. The summed E-state index contributed by atoms with van der Waals surface area (Å²) < 4.78 is 20.0. The lowest BCUT2D eigenvalue weighted by atomic mass is 9.77. The van der Waals surface area contributed by atoms with Crippen LogP contribution in [0.4, 0.5) is 4.39 Å². The number of primary amides is 1. The molecule has 2 aromatic rings. The van der Waals surface area contributed by atoms with E-state index in [-0.39, 0.29) is 24.8 Å². The maximum Gasteiger partial charge on any atom is 0.302 e. The molecular weight excluding hydrogens is 425 g/mol. The summed E-state index contributed by atoms with van der Waals surface area (Å²) >= 11 is 3.26. The van der Waals surface area contributed by atoms with E-state index in [4.69, 9.17) is 10.5 Å². The molecule has 0 bridgehead atoms. The predicted molar refractivity (Wildman–Crippen MR) is 111 cm³/mol. The predicted octanol–water partition coefficient (Wildman–Crippen LogP) is 5.02. The van der Waals surface area contributed by atoms with E-state index in [1.165, 1.54) is 13.0 Å². The fourth-order valence-corrected chi connectivity index (χ4v) is 3.56. The third kappa shape index (κ3) is 6.16. The number of carbonyl (C=O) groups excluding carboxylic acids is 2. The van der Waals surface area contributed by atoms with Crippen LogP contribution in [0.2, 0.25) is 0 Å². The van der Waals surface area contributed by atoms with Gasteiger partial charge in [0.15, 0.2) is 0 Å². The molecule has 0 aliphatic rings. The van der Waals surface area contributed by atoms with Crippen molar-refractivity contribution in [1.29, 1.82) is 0 Å². The minimum Gasteiger partial charge on any atom is -0.465 e. The quantitative estimate of drug-likeness (QED) is 0.546. The van der Waals surface area contributed by atoms with Crippen LogP contribution in [-0.2, 0) is 20.7 Å². The first-order chi connectivity index (χ1) is 13.2. The molecule has 28 heavy (non-hydrogen) atoms. The van der Waals surface area contributed by atoms with Gasteiger partial charge < -0.3 is 10.5 Å². The van der Waals surface area contributed by atoms with Gasteiger partial charge >= 0.3 is 5.97 Å². The molecule has 0 aromatic heterocycles. The van der Waals surface area contributed by atoms with E-state index >= 15 is 0 Å². The number of esters is 1. The molecule has 1 unspecified atom stereocenters. The Morgan fingerprint density at radius 1 is 1.18 bits per heavy atom. The number of amides is 1. The van der Waals surface area contributed by atoms with Crippen molar-refractivity contribution in [2.75, 3.05) is 6.61 Å². The van der Waals surface area contributed by atoms with Crippen LogP contribution in [-0.4, -0.2) is 18.5 Å². The van der Waals surface area contributed by atoms with Crippen molar-refractivity contribution < 1.29 is 18.7 Å². The summed E-state index contributed by atoms with van der Waals surface area (Å²) in [6.07, 6.45) is 2.20. The van der Waals surface area contributed by atoms with Crippen LogP contribution in [0.15, 0.2) is 46.9 Å². The molecule has 0 spiro atoms. The van der Waals surface area contributed by atoms with Crippen molar-refractivity contribution in [2.24, 2.45) is 11.1 Å². The highest BCUT2D eigenvalue weighted by Gasteiger charge is 2.31. The molecule has 0 saturated carbocycles. The van der Waals surface area contributed by atoms with E-state index in [1.807, 2.05) is 31.2 Å². The van der Waals surface area contributed by atoms with Crippen molar-refractivity contribution in [3.63, 3.8) is 0 Å². The van der Waals surface area contributed by atoms with Crippen LogP contribution in [0.5, 0.6) is 0 Å². The standard InChI is InChI=1S/C22H25BrFNO3/c1-3-22(13-21(25)27,14-28-15(2)26)11-10-16-4-6-17(7-5-16)19-9-8-18(23)12-20(19)24/h4-9,12H,3,10-11,13-14H2,1-2H3,(H2,25,27). The third-order valence-electron chi connectivity index (χ3n) is 5.02. The molecule has 0 heterocycles. The molecule has 0 aliphatic heterocycles. The van der Waals surface area contributed by atoms with Crippen LogP contribution < -0.4 is 5.73 Å². The Bertz CT molecular complexity index is 838. The van der Waals surface area contributed by atoms with E-state index in [2.05, 4.69) is 15.9 Å². The molecule has 150 valence electrons. The molecule has 1 atom stereocenters. The van der Waals surface area contributed by atoms with Crippen molar-refractivity contribution in [2.45, 2.75) is 39.5 Å². The highest BCUT2D eigenvalue weighted by molar-refractivity contribution is 9.10. The van der Waals surface area contributed by atoms with Gasteiger partial charge in [0.05, 0.1) is 6.61 Å². The maximum absolute atomic E-state index is 14.1. The Kier molecular flexibility index (Phi) is 7.75. The second-order valence-corrected chi connectivity index (χ2v) is 8.01. The first-order valence-corrected chi connectivity index (χ1v) is 10.00. The van der Waals surface area contributed by atoms with Gasteiger partial charge in [-0.1, -0.05) is 53.2 Å². The van der Waals surface area contributed by atoms with Crippen LogP contribution in [0.25, 0.3) is 11.1 Å². The highest BCUT2D eigenvalue weighted by atomic mass is 79.9. The van der Waals surface area contributed by atoms with Crippen LogP contribution >= 0.6 is 15.9 Å². The molecule has 4 nitrogen and oxygen atoms in total. The summed E-state index contributed by atoms with van der Waals surface area (Å²) in [6, 6.07) is 12.7. The summed E-state index contributed by atoms with van der Waals surface area (Å²) in [5.41, 5.74) is 7.34. The Labute approximate surface area is 173 Å². The SMILES string of the molecule is CCC(CCc1ccc(-c2ccc(Br)cc2F)cc1)(COC(C)=O)CC(N)=O. The molecule has 0 aliphatic carbocycles. The Morgan fingerprint density at radius 2 is 1.86 bits per heavy atom. The van der Waals surface area contributed by atoms with Gasteiger partial charge in [-0.25, -0.2) is 4.39 Å². The first kappa shape index (κ1) is 22.1. The van der Waals surface area contributed by atoms with E-state index in [0.717, 1.165) is 11.1 Å². The molecule has 0 fully saturated rings. The monoisotopic (exact) mass is 449 g/mol. The van der Waals surface area contributed by atoms with Gasteiger partial charge in [0.1, 0.15) is 5.82 Å². The average Bonchev–Trinajstić information content (AvgIpc) is 2.64. The smallest absolute Gasteiger partial charge is 0.302 e. The largest absolute Gasteiger partial charge is 0.465 e. The summed E-state index contributed by atoms with van der Waals surface area (Å²) in [6.45, 7) is 3.49. The highest BCUT2D eigenvalue weighted by Crippen LogP contribution is 2.33. The van der Waals surface area contributed by atoms with Gasteiger partial charge in [0.25, 0.3) is 0 Å². The fraction of sp³-hybridized carbons (Fsp3) is 0.364. The summed E-state index contributed by atoms with van der Waals surface area (Å²) in [4.78, 5) is 22.7. The van der Waals surface area contributed by atoms with E-state index < -0.39 is 11.3 Å². The number of carbonyl (C=O) groups is 2. The topological polar surface area (TPSA) is 69.4 Å². The normalized spacial score (nSPS) is 13.0. The lowest BCUT2D eigenvalue weighted by Crippen LogP contribution is -2.33. The van der Waals surface area contributed by atoms with Gasteiger partial charge in [-0.15, -0.1) is 0 Å². The molecule has 0 saturated heterocycles. The maximum atomic E-state index is 14.1. The Balaban J connectivity index is 2.12. The molecule has 2 N–H and O–H groups in total. The number of hydrogen-bond acceptors (Lipinski definition) is 3. The lowest BCUT2D eigenvalue weighted by molar-refractivity contribution is -0.146. The van der Waals surface area contributed by atoms with Crippen molar-refractivity contribution in [1.82, 2.24) is 0 Å².